The summed E-state index contributed by atoms with van der Waals surface area (Å²) in [7, 11) is 0. The molecule has 0 atom stereocenters. The summed E-state index contributed by atoms with van der Waals surface area (Å²) in [6, 6.07) is 9.78. The van der Waals surface area contributed by atoms with Crippen LogP contribution in [0.5, 0.6) is 0 Å². The zero-order chi connectivity index (χ0) is 15.0. The number of hydrogen-bond acceptors (Lipinski definition) is 3. The first kappa shape index (κ1) is 14.8. The molecule has 0 aliphatic heterocycles. The number of benzene rings is 2. The lowest BCUT2D eigenvalue weighted by atomic mass is 10.2. The van der Waals surface area contributed by atoms with E-state index in [-0.39, 0.29) is 0 Å². The van der Waals surface area contributed by atoms with Gasteiger partial charge in [-0.2, -0.15) is 0 Å². The molecule has 1 aromatic heterocycles. The van der Waals surface area contributed by atoms with E-state index >= 15 is 0 Å². The van der Waals surface area contributed by atoms with Crippen LogP contribution in [0.25, 0.3) is 10.9 Å². The molecule has 1 heterocycles. The van der Waals surface area contributed by atoms with Gasteiger partial charge in [0.1, 0.15) is 12.1 Å². The van der Waals surface area contributed by atoms with Gasteiger partial charge >= 0.3 is 0 Å². The van der Waals surface area contributed by atoms with Crippen molar-refractivity contribution in [3.63, 3.8) is 0 Å². The van der Waals surface area contributed by atoms with Gasteiger partial charge in [0.2, 0.25) is 0 Å². The molecule has 0 aliphatic rings. The molecule has 0 radical (unpaired) electrons. The fourth-order valence-corrected chi connectivity index (χ4v) is 3.51. The number of nitrogens with zero attached hydrogens (tertiary/aromatic N) is 2. The summed E-state index contributed by atoms with van der Waals surface area (Å²) in [5.41, 5.74) is 2.79. The summed E-state index contributed by atoms with van der Waals surface area (Å²) in [6.07, 6.45) is 1.54. The maximum absolute atomic E-state index is 6.16. The number of hydrogen-bond donors (Lipinski definition) is 1. The van der Waals surface area contributed by atoms with Crippen molar-refractivity contribution in [2.24, 2.45) is 0 Å². The Kier molecular flexibility index (Phi) is 4.15. The van der Waals surface area contributed by atoms with E-state index in [1.54, 1.807) is 6.33 Å². The lowest BCUT2D eigenvalue weighted by molar-refractivity contribution is 1.21. The van der Waals surface area contributed by atoms with Gasteiger partial charge in [0.25, 0.3) is 0 Å². The highest BCUT2D eigenvalue weighted by atomic mass is 79.9. The van der Waals surface area contributed by atoms with E-state index in [1.165, 1.54) is 0 Å². The third-order valence-electron chi connectivity index (χ3n) is 3.09. The number of aromatic nitrogens is 2. The predicted octanol–water partition coefficient (Wildman–Crippen LogP) is 5.86. The van der Waals surface area contributed by atoms with Gasteiger partial charge in [0.05, 0.1) is 5.52 Å². The molecular formula is C15H10Br2ClN3. The van der Waals surface area contributed by atoms with Gasteiger partial charge in [-0.1, -0.05) is 33.6 Å². The van der Waals surface area contributed by atoms with E-state index in [4.69, 9.17) is 11.6 Å². The van der Waals surface area contributed by atoms with E-state index in [2.05, 4.69) is 47.1 Å². The molecule has 3 aromatic rings. The van der Waals surface area contributed by atoms with Crippen LogP contribution < -0.4 is 5.32 Å². The van der Waals surface area contributed by atoms with Gasteiger partial charge in [-0.3, -0.25) is 0 Å². The lowest BCUT2D eigenvalue weighted by Gasteiger charge is -2.10. The van der Waals surface area contributed by atoms with Crippen molar-refractivity contribution in [1.82, 2.24) is 9.97 Å². The first-order valence-electron chi connectivity index (χ1n) is 6.17. The molecular weight excluding hydrogens is 417 g/mol. The Morgan fingerprint density at radius 3 is 2.67 bits per heavy atom. The molecule has 106 valence electrons. The van der Waals surface area contributed by atoms with E-state index in [9.17, 15) is 0 Å². The fraction of sp³-hybridized carbons (Fsp3) is 0.0667. The Labute approximate surface area is 144 Å². The van der Waals surface area contributed by atoms with Crippen LogP contribution >= 0.6 is 43.5 Å². The summed E-state index contributed by atoms with van der Waals surface area (Å²) < 4.78 is 1.88. The van der Waals surface area contributed by atoms with Crippen LogP contribution in [0.15, 0.2) is 45.6 Å². The molecule has 1 N–H and O–H groups in total. The SMILES string of the molecule is Cc1ccc(Nc2ncnc3c(Br)cc(Br)cc23)cc1Cl. The fourth-order valence-electron chi connectivity index (χ4n) is 2.00. The average Bonchev–Trinajstić information content (AvgIpc) is 2.44. The molecule has 21 heavy (non-hydrogen) atoms. The van der Waals surface area contributed by atoms with E-state index in [0.717, 1.165) is 41.9 Å². The Hall–Kier alpha value is -1.17. The van der Waals surface area contributed by atoms with Crippen molar-refractivity contribution in [1.29, 1.82) is 0 Å². The highest BCUT2D eigenvalue weighted by Crippen LogP contribution is 2.32. The van der Waals surface area contributed by atoms with Crippen molar-refractivity contribution < 1.29 is 0 Å². The summed E-state index contributed by atoms with van der Waals surface area (Å²) in [6.45, 7) is 1.97. The van der Waals surface area contributed by atoms with Gasteiger partial charge in [-0.25, -0.2) is 9.97 Å². The quantitative estimate of drug-likeness (QED) is 0.557. The zero-order valence-corrected chi connectivity index (χ0v) is 14.9. The summed E-state index contributed by atoms with van der Waals surface area (Å²) in [5, 5.41) is 4.94. The van der Waals surface area contributed by atoms with Gasteiger partial charge < -0.3 is 5.32 Å². The molecule has 0 saturated carbocycles. The highest BCUT2D eigenvalue weighted by molar-refractivity contribution is 9.11. The van der Waals surface area contributed by atoms with Crippen LogP contribution in [0, 0.1) is 6.92 Å². The number of fused-ring (bicyclic) bond motifs is 1. The average molecular weight is 428 g/mol. The molecule has 0 saturated heterocycles. The molecule has 0 aliphatic carbocycles. The third-order valence-corrected chi connectivity index (χ3v) is 4.56. The van der Waals surface area contributed by atoms with Gasteiger partial charge in [-0.15, -0.1) is 0 Å². The topological polar surface area (TPSA) is 37.8 Å². The lowest BCUT2D eigenvalue weighted by Crippen LogP contribution is -1.96. The van der Waals surface area contributed by atoms with E-state index in [1.807, 2.05) is 37.3 Å². The minimum atomic E-state index is 0.723. The molecule has 2 aromatic carbocycles. The monoisotopic (exact) mass is 425 g/mol. The Balaban J connectivity index is 2.10. The molecule has 0 fully saturated rings. The van der Waals surface area contributed by atoms with Crippen LogP contribution in [0.1, 0.15) is 5.56 Å². The minimum absolute atomic E-state index is 0.723. The van der Waals surface area contributed by atoms with Crippen LogP contribution in [-0.2, 0) is 0 Å². The van der Waals surface area contributed by atoms with Crippen molar-refractivity contribution >= 4 is 65.9 Å². The maximum Gasteiger partial charge on any atom is 0.141 e. The Bertz CT molecular complexity index is 837. The number of halogens is 3. The number of rotatable bonds is 2. The van der Waals surface area contributed by atoms with Gasteiger partial charge in [0, 0.05) is 25.0 Å². The van der Waals surface area contributed by atoms with E-state index in [0.29, 0.717) is 0 Å². The second-order valence-electron chi connectivity index (χ2n) is 4.60. The van der Waals surface area contributed by atoms with E-state index < -0.39 is 0 Å². The smallest absolute Gasteiger partial charge is 0.141 e. The zero-order valence-electron chi connectivity index (χ0n) is 11.0. The second kappa shape index (κ2) is 5.91. The van der Waals surface area contributed by atoms with Crippen molar-refractivity contribution in [2.45, 2.75) is 6.92 Å². The van der Waals surface area contributed by atoms with Crippen LogP contribution in [0.4, 0.5) is 11.5 Å². The van der Waals surface area contributed by atoms with Crippen LogP contribution in [0.2, 0.25) is 5.02 Å². The Morgan fingerprint density at radius 2 is 1.90 bits per heavy atom. The second-order valence-corrected chi connectivity index (χ2v) is 6.77. The molecule has 6 heteroatoms. The Morgan fingerprint density at radius 1 is 1.10 bits per heavy atom. The molecule has 3 rings (SSSR count). The van der Waals surface area contributed by atoms with Crippen molar-refractivity contribution in [3.8, 4) is 0 Å². The molecule has 0 amide bonds. The molecule has 0 spiro atoms. The largest absolute Gasteiger partial charge is 0.340 e. The number of nitrogens with one attached hydrogen (secondary N) is 1. The number of anilines is 2. The predicted molar refractivity (Wildman–Crippen MR) is 94.4 cm³/mol. The minimum Gasteiger partial charge on any atom is -0.340 e. The third kappa shape index (κ3) is 3.05. The van der Waals surface area contributed by atoms with Crippen LogP contribution in [-0.4, -0.2) is 9.97 Å². The van der Waals surface area contributed by atoms with Crippen molar-refractivity contribution in [2.75, 3.05) is 5.32 Å². The standard InChI is InChI=1S/C15H10Br2ClN3/c1-8-2-3-10(6-13(8)18)21-15-11-4-9(16)5-12(17)14(11)19-7-20-15/h2-7H,1H3,(H,19,20,21). The summed E-state index contributed by atoms with van der Waals surface area (Å²) in [5.74, 6) is 0.738. The highest BCUT2D eigenvalue weighted by Gasteiger charge is 2.09. The molecule has 0 bridgehead atoms. The summed E-state index contributed by atoms with van der Waals surface area (Å²) >= 11 is 13.2. The van der Waals surface area contributed by atoms with Crippen molar-refractivity contribution in [3.05, 3.63) is 56.2 Å². The summed E-state index contributed by atoms with van der Waals surface area (Å²) in [4.78, 5) is 8.64. The first-order valence-corrected chi connectivity index (χ1v) is 8.14. The normalized spacial score (nSPS) is 10.9. The van der Waals surface area contributed by atoms with Crippen LogP contribution in [0.3, 0.4) is 0 Å². The maximum atomic E-state index is 6.16. The molecule has 3 nitrogen and oxygen atoms in total. The van der Waals surface area contributed by atoms with Gasteiger partial charge in [0.15, 0.2) is 0 Å². The first-order chi connectivity index (χ1) is 10.0. The van der Waals surface area contributed by atoms with Gasteiger partial charge in [-0.05, 0) is 52.7 Å². The molecule has 0 unspecified atom stereocenters. The number of aryl methyl sites for hydroxylation is 1.